The van der Waals surface area contributed by atoms with Crippen LogP contribution in [0.25, 0.3) is 11.0 Å². The molecule has 0 spiro atoms. The van der Waals surface area contributed by atoms with Gasteiger partial charge in [0.05, 0.1) is 17.6 Å². The van der Waals surface area contributed by atoms with Crippen LogP contribution in [0.5, 0.6) is 5.75 Å². The van der Waals surface area contributed by atoms with Crippen molar-refractivity contribution in [3.8, 4) is 5.75 Å². The first-order valence-corrected chi connectivity index (χ1v) is 12.1. The van der Waals surface area contributed by atoms with Crippen molar-refractivity contribution in [3.05, 3.63) is 48.0 Å². The molecule has 0 aliphatic heterocycles. The minimum absolute atomic E-state index is 0.288. The summed E-state index contributed by atoms with van der Waals surface area (Å²) >= 11 is 0. The highest BCUT2D eigenvalue weighted by Gasteiger charge is 2.40. The largest absolute Gasteiger partial charge is 0.494 e. The Morgan fingerprint density at radius 1 is 1.03 bits per heavy atom. The maximum Gasteiger partial charge on any atom is 0.208 e. The maximum atomic E-state index is 5.84. The molecule has 172 valence electrons. The molecular formula is C28H39N3O. The highest BCUT2D eigenvalue weighted by atomic mass is 16.5. The number of fused-ring (bicyclic) bond motifs is 1. The Morgan fingerprint density at radius 3 is 2.28 bits per heavy atom. The number of hydrogen-bond donors (Lipinski definition) is 1. The zero-order valence-corrected chi connectivity index (χ0v) is 20.8. The van der Waals surface area contributed by atoms with Gasteiger partial charge < -0.3 is 14.6 Å². The number of imidazole rings is 1. The van der Waals surface area contributed by atoms with E-state index in [1.165, 1.54) is 12.0 Å². The molecular weight excluding hydrogens is 394 g/mol. The van der Waals surface area contributed by atoms with Gasteiger partial charge >= 0.3 is 0 Å². The number of ether oxygens (including phenoxy) is 1. The molecule has 4 rings (SSSR count). The lowest BCUT2D eigenvalue weighted by Gasteiger charge is -2.45. The third-order valence-corrected chi connectivity index (χ3v) is 6.70. The Labute approximate surface area is 193 Å². The van der Waals surface area contributed by atoms with Gasteiger partial charge in [-0.15, -0.1) is 0 Å². The molecule has 1 fully saturated rings. The Morgan fingerprint density at radius 2 is 1.69 bits per heavy atom. The molecule has 0 saturated heterocycles. The Hall–Kier alpha value is -2.49. The van der Waals surface area contributed by atoms with E-state index in [9.17, 15) is 0 Å². The quantitative estimate of drug-likeness (QED) is 0.427. The monoisotopic (exact) mass is 433 g/mol. The molecule has 4 heteroatoms. The van der Waals surface area contributed by atoms with Gasteiger partial charge in [0.2, 0.25) is 5.95 Å². The van der Waals surface area contributed by atoms with Gasteiger partial charge in [0.1, 0.15) is 5.75 Å². The first-order chi connectivity index (χ1) is 15.1. The second kappa shape index (κ2) is 8.46. The Balaban J connectivity index is 1.79. The number of aromatic nitrogens is 2. The molecule has 0 radical (unpaired) electrons. The fraction of sp³-hybridized carbons (Fsp3) is 0.536. The third-order valence-electron chi connectivity index (χ3n) is 6.70. The van der Waals surface area contributed by atoms with Gasteiger partial charge in [-0.2, -0.15) is 0 Å². The summed E-state index contributed by atoms with van der Waals surface area (Å²) in [5.41, 5.74) is 5.16. The van der Waals surface area contributed by atoms with Gasteiger partial charge in [0.25, 0.3) is 0 Å². The average molecular weight is 434 g/mol. The van der Waals surface area contributed by atoms with Crippen LogP contribution in [0, 0.1) is 10.8 Å². The van der Waals surface area contributed by atoms with E-state index in [2.05, 4.69) is 87.8 Å². The van der Waals surface area contributed by atoms with E-state index >= 15 is 0 Å². The molecule has 0 atom stereocenters. The minimum atomic E-state index is 0.288. The summed E-state index contributed by atoms with van der Waals surface area (Å²) in [6.45, 7) is 16.8. The van der Waals surface area contributed by atoms with Crippen molar-refractivity contribution < 1.29 is 4.74 Å². The van der Waals surface area contributed by atoms with Gasteiger partial charge in [-0.05, 0) is 72.8 Å². The highest BCUT2D eigenvalue weighted by Crippen LogP contribution is 2.51. The second-order valence-electron chi connectivity index (χ2n) is 11.4. The summed E-state index contributed by atoms with van der Waals surface area (Å²) < 4.78 is 8.28. The average Bonchev–Trinajstić information content (AvgIpc) is 3.03. The SMILES string of the molecule is CCOc1ccc2nc(Nc3ccc(C(C)C)cc3)n(C3CC(C)(C)CC(C)(C)C3)c2c1. The molecule has 0 amide bonds. The van der Waals surface area contributed by atoms with Crippen LogP contribution in [0.15, 0.2) is 42.5 Å². The van der Waals surface area contributed by atoms with Crippen LogP contribution in [0.1, 0.15) is 85.3 Å². The maximum absolute atomic E-state index is 5.84. The van der Waals surface area contributed by atoms with Crippen LogP contribution in [0.2, 0.25) is 0 Å². The van der Waals surface area contributed by atoms with Crippen molar-refractivity contribution in [2.24, 2.45) is 10.8 Å². The van der Waals surface area contributed by atoms with E-state index in [0.29, 0.717) is 18.6 Å². The van der Waals surface area contributed by atoms with Crippen LogP contribution in [0.4, 0.5) is 11.6 Å². The van der Waals surface area contributed by atoms with Crippen LogP contribution in [-0.4, -0.2) is 16.2 Å². The number of nitrogens with one attached hydrogen (secondary N) is 1. The second-order valence-corrected chi connectivity index (χ2v) is 11.4. The molecule has 1 aliphatic carbocycles. The fourth-order valence-corrected chi connectivity index (χ4v) is 5.84. The lowest BCUT2D eigenvalue weighted by molar-refractivity contribution is 0.0746. The Kier molecular flexibility index (Phi) is 6.00. The third kappa shape index (κ3) is 4.79. The number of hydrogen-bond acceptors (Lipinski definition) is 3. The van der Waals surface area contributed by atoms with E-state index in [4.69, 9.17) is 9.72 Å². The molecule has 1 N–H and O–H groups in total. The standard InChI is InChI=1S/C28H39N3O/c1-8-32-23-13-14-24-25(15-23)31(22-16-27(4,5)18-28(6,7)17-22)26(30-24)29-21-11-9-20(10-12-21)19(2)3/h9-15,19,22H,8,16-18H2,1-7H3,(H,29,30). The molecule has 2 aromatic carbocycles. The number of benzene rings is 2. The molecule has 1 aliphatic rings. The van der Waals surface area contributed by atoms with Crippen molar-refractivity contribution in [2.75, 3.05) is 11.9 Å². The topological polar surface area (TPSA) is 39.1 Å². The molecule has 4 nitrogen and oxygen atoms in total. The first-order valence-electron chi connectivity index (χ1n) is 12.1. The molecule has 1 aromatic heterocycles. The molecule has 1 heterocycles. The van der Waals surface area contributed by atoms with Gasteiger partial charge in [-0.1, -0.05) is 53.7 Å². The lowest BCUT2D eigenvalue weighted by Crippen LogP contribution is -2.35. The van der Waals surface area contributed by atoms with E-state index in [-0.39, 0.29) is 10.8 Å². The van der Waals surface area contributed by atoms with Crippen molar-refractivity contribution in [3.63, 3.8) is 0 Å². The van der Waals surface area contributed by atoms with Gasteiger partial charge in [0.15, 0.2) is 0 Å². The van der Waals surface area contributed by atoms with Crippen LogP contribution < -0.4 is 10.1 Å². The molecule has 32 heavy (non-hydrogen) atoms. The number of anilines is 2. The highest BCUT2D eigenvalue weighted by molar-refractivity contribution is 5.81. The normalized spacial score (nSPS) is 18.2. The van der Waals surface area contributed by atoms with Crippen molar-refractivity contribution >= 4 is 22.7 Å². The predicted molar refractivity (Wildman–Crippen MR) is 135 cm³/mol. The van der Waals surface area contributed by atoms with Crippen LogP contribution >= 0.6 is 0 Å². The first kappa shape index (κ1) is 22.7. The van der Waals surface area contributed by atoms with Crippen LogP contribution in [-0.2, 0) is 0 Å². The minimum Gasteiger partial charge on any atom is -0.494 e. The van der Waals surface area contributed by atoms with E-state index in [1.54, 1.807) is 0 Å². The molecule has 1 saturated carbocycles. The number of nitrogens with zero attached hydrogens (tertiary/aromatic N) is 2. The number of rotatable bonds is 6. The molecule has 0 bridgehead atoms. The van der Waals surface area contributed by atoms with Crippen molar-refractivity contribution in [1.82, 2.24) is 9.55 Å². The summed E-state index contributed by atoms with van der Waals surface area (Å²) in [5.74, 6) is 2.35. The Bertz CT molecular complexity index is 1060. The zero-order chi connectivity index (χ0) is 23.1. The zero-order valence-electron chi connectivity index (χ0n) is 20.8. The summed E-state index contributed by atoms with van der Waals surface area (Å²) in [6, 6.07) is 15.4. The van der Waals surface area contributed by atoms with E-state index in [0.717, 1.165) is 41.3 Å². The molecule has 3 aromatic rings. The van der Waals surface area contributed by atoms with E-state index in [1.807, 2.05) is 13.0 Å². The van der Waals surface area contributed by atoms with Gasteiger partial charge in [-0.3, -0.25) is 0 Å². The smallest absolute Gasteiger partial charge is 0.208 e. The summed E-state index contributed by atoms with van der Waals surface area (Å²) in [7, 11) is 0. The summed E-state index contributed by atoms with van der Waals surface area (Å²) in [5, 5.41) is 3.64. The van der Waals surface area contributed by atoms with E-state index < -0.39 is 0 Å². The summed E-state index contributed by atoms with van der Waals surface area (Å²) in [6.07, 6.45) is 3.52. The van der Waals surface area contributed by atoms with Crippen molar-refractivity contribution in [2.45, 2.75) is 79.7 Å². The predicted octanol–water partition coefficient (Wildman–Crippen LogP) is 8.08. The van der Waals surface area contributed by atoms with Gasteiger partial charge in [0, 0.05) is 17.8 Å². The van der Waals surface area contributed by atoms with Gasteiger partial charge in [-0.25, -0.2) is 4.98 Å². The molecule has 0 unspecified atom stereocenters. The summed E-state index contributed by atoms with van der Waals surface area (Å²) in [4.78, 5) is 5.03. The van der Waals surface area contributed by atoms with Crippen molar-refractivity contribution in [1.29, 1.82) is 0 Å². The fourth-order valence-electron chi connectivity index (χ4n) is 5.84. The lowest BCUT2D eigenvalue weighted by atomic mass is 9.63. The van der Waals surface area contributed by atoms with Crippen LogP contribution in [0.3, 0.4) is 0 Å².